The number of nitrogens with one attached hydrogen (secondary N) is 1. The summed E-state index contributed by atoms with van der Waals surface area (Å²) in [6.07, 6.45) is 5.09. The van der Waals surface area contributed by atoms with Crippen molar-refractivity contribution in [3.05, 3.63) is 12.2 Å². The van der Waals surface area contributed by atoms with Crippen molar-refractivity contribution in [1.82, 2.24) is 10.2 Å². The predicted octanol–water partition coefficient (Wildman–Crippen LogP) is 1.61. The van der Waals surface area contributed by atoms with Crippen molar-refractivity contribution >= 4 is 6.03 Å². The van der Waals surface area contributed by atoms with Crippen molar-refractivity contribution in [3.8, 4) is 0 Å². The number of hydrogen-bond donors (Lipinski definition) is 1. The number of urea groups is 1. The van der Waals surface area contributed by atoms with Gasteiger partial charge in [-0.3, -0.25) is 0 Å². The van der Waals surface area contributed by atoms with Crippen LogP contribution in [0.25, 0.3) is 0 Å². The van der Waals surface area contributed by atoms with Crippen molar-refractivity contribution in [3.63, 3.8) is 0 Å². The van der Waals surface area contributed by atoms with E-state index in [1.165, 1.54) is 0 Å². The van der Waals surface area contributed by atoms with E-state index in [2.05, 4.69) is 11.4 Å². The Bertz CT molecular complexity index is 155. The van der Waals surface area contributed by atoms with Crippen LogP contribution in [0.3, 0.4) is 0 Å². The minimum atomic E-state index is 0.0179. The summed E-state index contributed by atoms with van der Waals surface area (Å²) in [5, 5.41) is 2.59. The quantitative estimate of drug-likeness (QED) is 0.550. The van der Waals surface area contributed by atoms with Crippen molar-refractivity contribution in [2.75, 3.05) is 20.1 Å². The number of carbonyl (C=O) groups is 1. The fourth-order valence-electron chi connectivity index (χ4n) is 0.984. The van der Waals surface area contributed by atoms with E-state index in [-0.39, 0.29) is 6.03 Å². The molecule has 1 aliphatic rings. The first kappa shape index (κ1) is 11.0. The summed E-state index contributed by atoms with van der Waals surface area (Å²) in [4.78, 5) is 12.7. The zero-order valence-electron chi connectivity index (χ0n) is 8.13. The Kier molecular flexibility index (Phi) is 6.15. The Morgan fingerprint density at radius 3 is 2.50 bits per heavy atom. The molecule has 0 aromatic rings. The third-order valence-electron chi connectivity index (χ3n) is 1.56. The second kappa shape index (κ2) is 6.70. The molecule has 0 atom stereocenters. The largest absolute Gasteiger partial charge is 0.341 e. The molecule has 1 heterocycles. The Morgan fingerprint density at radius 1 is 1.42 bits per heavy atom. The highest BCUT2D eigenvalue weighted by Gasteiger charge is 2.10. The third-order valence-corrected chi connectivity index (χ3v) is 1.56. The summed E-state index contributed by atoms with van der Waals surface area (Å²) in [6.45, 7) is 5.59. The smallest absolute Gasteiger partial charge is 0.317 e. The van der Waals surface area contributed by atoms with Gasteiger partial charge in [0.2, 0.25) is 0 Å². The summed E-state index contributed by atoms with van der Waals surface area (Å²) < 4.78 is 0. The van der Waals surface area contributed by atoms with E-state index < -0.39 is 0 Å². The lowest BCUT2D eigenvalue weighted by atomic mass is 10.3. The minimum absolute atomic E-state index is 0.0179. The van der Waals surface area contributed by atoms with E-state index in [4.69, 9.17) is 0 Å². The maximum atomic E-state index is 10.9. The van der Waals surface area contributed by atoms with Gasteiger partial charge in [0.05, 0.1) is 0 Å². The van der Waals surface area contributed by atoms with E-state index in [0.29, 0.717) is 0 Å². The lowest BCUT2D eigenvalue weighted by Crippen LogP contribution is -2.39. The van der Waals surface area contributed by atoms with Gasteiger partial charge in [0.1, 0.15) is 0 Å². The van der Waals surface area contributed by atoms with E-state index >= 15 is 0 Å². The lowest BCUT2D eigenvalue weighted by Gasteiger charge is -2.22. The Labute approximate surface area is 74.4 Å². The summed E-state index contributed by atoms with van der Waals surface area (Å²) in [6, 6.07) is 0.0179. The van der Waals surface area contributed by atoms with Gasteiger partial charge in [0, 0.05) is 20.1 Å². The summed E-state index contributed by atoms with van der Waals surface area (Å²) in [7, 11) is 1.65. The first-order valence-corrected chi connectivity index (χ1v) is 4.46. The molecule has 0 aromatic carbocycles. The van der Waals surface area contributed by atoms with Crippen LogP contribution in [-0.4, -0.2) is 31.1 Å². The molecule has 0 spiro atoms. The first-order chi connectivity index (χ1) is 5.84. The molecule has 0 saturated carbocycles. The average Bonchev–Trinajstić information content (AvgIpc) is 2.21. The van der Waals surface area contributed by atoms with Crippen LogP contribution in [0.15, 0.2) is 12.2 Å². The molecule has 0 radical (unpaired) electrons. The van der Waals surface area contributed by atoms with E-state index in [1.54, 1.807) is 11.9 Å². The number of rotatable bonds is 0. The van der Waals surface area contributed by atoms with Gasteiger partial charge in [0.25, 0.3) is 0 Å². The second-order valence-electron chi connectivity index (χ2n) is 2.26. The van der Waals surface area contributed by atoms with Crippen LogP contribution in [0.2, 0.25) is 0 Å². The maximum absolute atomic E-state index is 10.9. The molecule has 0 aliphatic carbocycles. The monoisotopic (exact) mass is 170 g/mol. The van der Waals surface area contributed by atoms with Crippen LogP contribution in [0.5, 0.6) is 0 Å². The zero-order chi connectivity index (χ0) is 9.40. The van der Waals surface area contributed by atoms with Crippen molar-refractivity contribution in [1.29, 1.82) is 0 Å². The number of nitrogens with zero attached hydrogens (tertiary/aromatic N) is 1. The molecule has 1 N–H and O–H groups in total. The summed E-state index contributed by atoms with van der Waals surface area (Å²) in [5.74, 6) is 0. The molecule has 1 aliphatic heterocycles. The van der Waals surface area contributed by atoms with Crippen LogP contribution < -0.4 is 5.32 Å². The van der Waals surface area contributed by atoms with Crippen molar-refractivity contribution < 1.29 is 4.79 Å². The highest BCUT2D eigenvalue weighted by atomic mass is 16.2. The fourth-order valence-corrected chi connectivity index (χ4v) is 0.984. The molecule has 0 fully saturated rings. The van der Waals surface area contributed by atoms with Crippen LogP contribution in [0.4, 0.5) is 4.79 Å². The highest BCUT2D eigenvalue weighted by Crippen LogP contribution is 1.99. The molecule has 2 amide bonds. The van der Waals surface area contributed by atoms with Crippen molar-refractivity contribution in [2.24, 2.45) is 0 Å². The summed E-state index contributed by atoms with van der Waals surface area (Å²) in [5.41, 5.74) is 0. The van der Waals surface area contributed by atoms with Gasteiger partial charge < -0.3 is 10.2 Å². The van der Waals surface area contributed by atoms with Gasteiger partial charge in [-0.1, -0.05) is 26.0 Å². The van der Waals surface area contributed by atoms with Gasteiger partial charge in [-0.05, 0) is 6.42 Å². The Balaban J connectivity index is 0.000000561. The second-order valence-corrected chi connectivity index (χ2v) is 2.26. The minimum Gasteiger partial charge on any atom is -0.341 e. The van der Waals surface area contributed by atoms with Gasteiger partial charge in [0.15, 0.2) is 0 Å². The molecule has 70 valence electrons. The Morgan fingerprint density at radius 2 is 2.08 bits per heavy atom. The van der Waals surface area contributed by atoms with Gasteiger partial charge in [-0.2, -0.15) is 0 Å². The third kappa shape index (κ3) is 3.42. The molecule has 3 heteroatoms. The standard InChI is InChI=1S/C7H12N2O.C2H6/c1-8-7(10)9-5-3-2-4-6-9;1-2/h2-3H,4-6H2,1H3,(H,8,10);1-2H3. The molecule has 0 bridgehead atoms. The molecule has 0 aromatic heterocycles. The summed E-state index contributed by atoms with van der Waals surface area (Å²) >= 11 is 0. The van der Waals surface area contributed by atoms with E-state index in [0.717, 1.165) is 19.5 Å². The number of hydrogen-bond acceptors (Lipinski definition) is 1. The SMILES string of the molecule is CC.CNC(=O)N1CC=CCC1. The molecular formula is C9H18N2O. The molecule has 1 rings (SSSR count). The Hall–Kier alpha value is -0.990. The predicted molar refractivity (Wildman–Crippen MR) is 51.1 cm³/mol. The number of amides is 2. The number of carbonyl (C=O) groups excluding carboxylic acids is 1. The lowest BCUT2D eigenvalue weighted by molar-refractivity contribution is 0.205. The molecular weight excluding hydrogens is 152 g/mol. The fraction of sp³-hybridized carbons (Fsp3) is 0.667. The van der Waals surface area contributed by atoms with Crippen molar-refractivity contribution in [2.45, 2.75) is 20.3 Å². The molecule has 12 heavy (non-hydrogen) atoms. The topological polar surface area (TPSA) is 32.3 Å². The van der Waals surface area contributed by atoms with Gasteiger partial charge >= 0.3 is 6.03 Å². The molecule has 0 saturated heterocycles. The van der Waals surface area contributed by atoms with Crippen LogP contribution in [0.1, 0.15) is 20.3 Å². The van der Waals surface area contributed by atoms with E-state index in [1.807, 2.05) is 19.9 Å². The van der Waals surface area contributed by atoms with Crippen LogP contribution in [0, 0.1) is 0 Å². The normalized spacial score (nSPS) is 14.8. The van der Waals surface area contributed by atoms with E-state index in [9.17, 15) is 4.79 Å². The first-order valence-electron chi connectivity index (χ1n) is 4.46. The van der Waals surface area contributed by atoms with Gasteiger partial charge in [-0.15, -0.1) is 0 Å². The average molecular weight is 170 g/mol. The highest BCUT2D eigenvalue weighted by molar-refractivity contribution is 5.74. The molecule has 3 nitrogen and oxygen atoms in total. The van der Waals surface area contributed by atoms with Crippen LogP contribution >= 0.6 is 0 Å². The maximum Gasteiger partial charge on any atom is 0.317 e. The zero-order valence-corrected chi connectivity index (χ0v) is 8.13. The van der Waals surface area contributed by atoms with Gasteiger partial charge in [-0.25, -0.2) is 4.79 Å². The van der Waals surface area contributed by atoms with Crippen LogP contribution in [-0.2, 0) is 0 Å². The molecule has 0 unspecified atom stereocenters.